The van der Waals surface area contributed by atoms with E-state index < -0.39 is 12.1 Å². The molecule has 4 N–H and O–H groups in total. The van der Waals surface area contributed by atoms with Gasteiger partial charge in [-0.15, -0.1) is 0 Å². The number of carbonyl (C=O) groups is 3. The second kappa shape index (κ2) is 14.7. The number of carboxylic acids is 1. The smallest absolute Gasteiger partial charge is 0.475 e. The van der Waals surface area contributed by atoms with Crippen LogP contribution in [0.25, 0.3) is 0 Å². The lowest BCUT2D eigenvalue weighted by atomic mass is 9.75. The van der Waals surface area contributed by atoms with Crippen LogP contribution in [0.5, 0.6) is 0 Å². The highest BCUT2D eigenvalue weighted by molar-refractivity contribution is 5.88. The summed E-state index contributed by atoms with van der Waals surface area (Å²) in [6, 6.07) is 10.6. The largest absolute Gasteiger partial charge is 0.490 e. The fourth-order valence-corrected chi connectivity index (χ4v) is 6.19. The second-order valence-electron chi connectivity index (χ2n) is 11.2. The number of nitrogens with zero attached hydrogens (tertiary/aromatic N) is 1. The summed E-state index contributed by atoms with van der Waals surface area (Å²) in [6.45, 7) is 1.43. The molecular formula is C29H42F3N3O4. The summed E-state index contributed by atoms with van der Waals surface area (Å²) < 4.78 is 31.7. The highest BCUT2D eigenvalue weighted by Gasteiger charge is 2.38. The molecule has 1 aromatic carbocycles. The van der Waals surface area contributed by atoms with E-state index in [1.807, 2.05) is 11.0 Å². The molecular weight excluding hydrogens is 511 g/mol. The van der Waals surface area contributed by atoms with Gasteiger partial charge in [0.05, 0.1) is 0 Å². The van der Waals surface area contributed by atoms with Crippen molar-refractivity contribution in [1.29, 1.82) is 0 Å². The third-order valence-electron chi connectivity index (χ3n) is 8.42. The summed E-state index contributed by atoms with van der Waals surface area (Å²) in [7, 11) is 0. The summed E-state index contributed by atoms with van der Waals surface area (Å²) in [5.74, 6) is -1.20. The number of rotatable bonds is 7. The number of amides is 2. The Kier molecular flexibility index (Phi) is 11.6. The number of likely N-dealkylation sites (tertiary alicyclic amines) is 1. The van der Waals surface area contributed by atoms with E-state index in [0.29, 0.717) is 30.8 Å². The third kappa shape index (κ3) is 9.51. The van der Waals surface area contributed by atoms with Gasteiger partial charge in [-0.2, -0.15) is 13.2 Å². The summed E-state index contributed by atoms with van der Waals surface area (Å²) in [6.07, 6.45) is 7.70. The van der Waals surface area contributed by atoms with Crippen molar-refractivity contribution in [2.24, 2.45) is 17.6 Å². The normalized spacial score (nSPS) is 24.8. The zero-order chi connectivity index (χ0) is 28.4. The van der Waals surface area contributed by atoms with Crippen LogP contribution in [-0.4, -0.2) is 59.1 Å². The molecule has 0 bridgehead atoms. The van der Waals surface area contributed by atoms with E-state index in [-0.39, 0.29) is 23.8 Å². The lowest BCUT2D eigenvalue weighted by molar-refractivity contribution is -0.192. The van der Waals surface area contributed by atoms with Crippen LogP contribution in [0.4, 0.5) is 13.2 Å². The van der Waals surface area contributed by atoms with E-state index in [4.69, 9.17) is 15.6 Å². The van der Waals surface area contributed by atoms with Crippen LogP contribution in [0, 0.1) is 11.8 Å². The molecule has 218 valence electrons. The van der Waals surface area contributed by atoms with Gasteiger partial charge in [0.1, 0.15) is 6.04 Å². The van der Waals surface area contributed by atoms with E-state index in [0.717, 1.165) is 45.1 Å². The number of aliphatic carboxylic acids is 1. The molecule has 0 spiro atoms. The standard InChI is InChI=1S/C27H41N3O2.C2HF3O2/c28-23-15-13-20(14-16-23)19-29-27(32)25-12-7-17-30(25)26(31)18-24(21-8-3-1-4-9-21)22-10-5-2-6-11-22;3-2(4,5)1(6)7/h1,3-4,8-9,20,22-25H,2,5-7,10-19,28H2,(H,29,32);(H,6,7)/t20?,23?,24?,25-;/m0./s1. The molecule has 2 saturated carbocycles. The molecule has 1 unspecified atom stereocenters. The van der Waals surface area contributed by atoms with Gasteiger partial charge in [0.15, 0.2) is 0 Å². The fraction of sp³-hybridized carbons (Fsp3) is 0.690. The van der Waals surface area contributed by atoms with Gasteiger partial charge in [-0.3, -0.25) is 9.59 Å². The van der Waals surface area contributed by atoms with Crippen molar-refractivity contribution in [1.82, 2.24) is 10.2 Å². The van der Waals surface area contributed by atoms with Crippen molar-refractivity contribution in [3.63, 3.8) is 0 Å². The van der Waals surface area contributed by atoms with E-state index in [9.17, 15) is 22.8 Å². The van der Waals surface area contributed by atoms with E-state index >= 15 is 0 Å². The number of nitrogens with one attached hydrogen (secondary N) is 1. The number of halogens is 3. The summed E-state index contributed by atoms with van der Waals surface area (Å²) in [4.78, 5) is 37.2. The quantitative estimate of drug-likeness (QED) is 0.440. The van der Waals surface area contributed by atoms with Crippen LogP contribution >= 0.6 is 0 Å². The number of carboxylic acid groups (broad SMARTS) is 1. The minimum atomic E-state index is -5.08. The molecule has 39 heavy (non-hydrogen) atoms. The first-order valence-electron chi connectivity index (χ1n) is 14.2. The van der Waals surface area contributed by atoms with Crippen LogP contribution in [0.1, 0.15) is 88.5 Å². The van der Waals surface area contributed by atoms with Gasteiger partial charge in [-0.05, 0) is 74.7 Å². The van der Waals surface area contributed by atoms with Crippen molar-refractivity contribution in [2.45, 2.75) is 101 Å². The lowest BCUT2D eigenvalue weighted by Gasteiger charge is -2.33. The molecule has 7 nitrogen and oxygen atoms in total. The molecule has 1 aromatic rings. The topological polar surface area (TPSA) is 113 Å². The van der Waals surface area contributed by atoms with Crippen LogP contribution in [0.2, 0.25) is 0 Å². The molecule has 0 aromatic heterocycles. The van der Waals surface area contributed by atoms with Crippen molar-refractivity contribution in [3.8, 4) is 0 Å². The first kappa shape index (κ1) is 30.9. The molecule has 2 amide bonds. The Morgan fingerprint density at radius 2 is 1.56 bits per heavy atom. The summed E-state index contributed by atoms with van der Waals surface area (Å²) in [5.41, 5.74) is 7.29. The molecule has 1 heterocycles. The SMILES string of the molecule is NC1CCC(CNC(=O)[C@@H]2CCCN2C(=O)CC(c2ccccc2)C2CCCCC2)CC1.O=C(O)C(F)(F)F. The van der Waals surface area contributed by atoms with Gasteiger partial charge in [-0.25, -0.2) is 4.79 Å². The molecule has 2 atom stereocenters. The minimum absolute atomic E-state index is 0.0413. The molecule has 1 aliphatic heterocycles. The maximum Gasteiger partial charge on any atom is 0.490 e. The van der Waals surface area contributed by atoms with Crippen LogP contribution < -0.4 is 11.1 Å². The molecule has 10 heteroatoms. The van der Waals surface area contributed by atoms with Gasteiger partial charge >= 0.3 is 12.1 Å². The van der Waals surface area contributed by atoms with E-state index in [1.54, 1.807) is 0 Å². The Hall–Kier alpha value is -2.62. The molecule has 0 radical (unpaired) electrons. The molecule has 2 aliphatic carbocycles. The first-order valence-corrected chi connectivity index (χ1v) is 14.2. The van der Waals surface area contributed by atoms with E-state index in [1.165, 1.54) is 37.7 Å². The Balaban J connectivity index is 0.000000532. The lowest BCUT2D eigenvalue weighted by Crippen LogP contribution is -2.47. The predicted molar refractivity (Wildman–Crippen MR) is 142 cm³/mol. The van der Waals surface area contributed by atoms with Gasteiger partial charge in [0.25, 0.3) is 0 Å². The summed E-state index contributed by atoms with van der Waals surface area (Å²) >= 11 is 0. The highest BCUT2D eigenvalue weighted by atomic mass is 19.4. The Labute approximate surface area is 228 Å². The number of nitrogens with two attached hydrogens (primary N) is 1. The monoisotopic (exact) mass is 553 g/mol. The zero-order valence-electron chi connectivity index (χ0n) is 22.5. The fourth-order valence-electron chi connectivity index (χ4n) is 6.19. The molecule has 3 fully saturated rings. The maximum atomic E-state index is 13.5. The van der Waals surface area contributed by atoms with Crippen LogP contribution in [0.15, 0.2) is 30.3 Å². The number of alkyl halides is 3. The Morgan fingerprint density at radius 3 is 2.15 bits per heavy atom. The Morgan fingerprint density at radius 1 is 0.949 bits per heavy atom. The number of benzene rings is 1. The van der Waals surface area contributed by atoms with Gasteiger partial charge in [0.2, 0.25) is 11.8 Å². The van der Waals surface area contributed by atoms with Crippen molar-refractivity contribution < 1.29 is 32.7 Å². The van der Waals surface area contributed by atoms with Gasteiger partial charge < -0.3 is 21.1 Å². The van der Waals surface area contributed by atoms with Crippen molar-refractivity contribution >= 4 is 17.8 Å². The van der Waals surface area contributed by atoms with Gasteiger partial charge in [-0.1, -0.05) is 49.6 Å². The number of hydrogen-bond donors (Lipinski definition) is 3. The highest BCUT2D eigenvalue weighted by Crippen LogP contribution is 2.39. The molecule has 1 saturated heterocycles. The average Bonchev–Trinajstić information content (AvgIpc) is 3.42. The van der Waals surface area contributed by atoms with Crippen molar-refractivity contribution in [3.05, 3.63) is 35.9 Å². The van der Waals surface area contributed by atoms with Gasteiger partial charge in [0, 0.05) is 25.6 Å². The molecule has 4 rings (SSSR count). The minimum Gasteiger partial charge on any atom is -0.475 e. The zero-order valence-corrected chi connectivity index (χ0v) is 22.5. The maximum absolute atomic E-state index is 13.5. The summed E-state index contributed by atoms with van der Waals surface area (Å²) in [5, 5.41) is 10.3. The third-order valence-corrected chi connectivity index (χ3v) is 8.42. The average molecular weight is 554 g/mol. The first-order chi connectivity index (χ1) is 18.6. The second-order valence-corrected chi connectivity index (χ2v) is 11.2. The van der Waals surface area contributed by atoms with Crippen molar-refractivity contribution in [2.75, 3.05) is 13.1 Å². The van der Waals surface area contributed by atoms with Crippen LogP contribution in [0.3, 0.4) is 0 Å². The van der Waals surface area contributed by atoms with Crippen LogP contribution in [-0.2, 0) is 14.4 Å². The molecule has 3 aliphatic rings. The predicted octanol–water partition coefficient (Wildman–Crippen LogP) is 5.00. The number of hydrogen-bond acceptors (Lipinski definition) is 4. The number of carbonyl (C=O) groups excluding carboxylic acids is 2. The van der Waals surface area contributed by atoms with E-state index in [2.05, 4.69) is 29.6 Å². The Bertz CT molecular complexity index is 929.